The minimum Gasteiger partial charge on any atom is -0.507 e. The molecule has 0 aliphatic rings. The zero-order chi connectivity index (χ0) is 19.7. The predicted molar refractivity (Wildman–Crippen MR) is 107 cm³/mol. The van der Waals surface area contributed by atoms with Gasteiger partial charge in [-0.2, -0.15) is 0 Å². The first-order valence-electron chi connectivity index (χ1n) is 9.25. The molecule has 0 saturated carbocycles. The van der Waals surface area contributed by atoms with E-state index < -0.39 is 5.97 Å². The quantitative estimate of drug-likeness (QED) is 0.656. The van der Waals surface area contributed by atoms with Gasteiger partial charge in [0, 0.05) is 11.1 Å². The van der Waals surface area contributed by atoms with Crippen molar-refractivity contribution >= 4 is 5.97 Å². The van der Waals surface area contributed by atoms with Crippen LogP contribution in [-0.2, 0) is 10.8 Å². The molecule has 0 radical (unpaired) electrons. The fourth-order valence-corrected chi connectivity index (χ4v) is 3.02. The van der Waals surface area contributed by atoms with E-state index in [1.165, 1.54) is 0 Å². The molecular formula is C23H30O3. The van der Waals surface area contributed by atoms with Crippen LogP contribution in [0.1, 0.15) is 75.9 Å². The second-order valence-electron chi connectivity index (χ2n) is 8.28. The van der Waals surface area contributed by atoms with Gasteiger partial charge in [-0.3, -0.25) is 0 Å². The number of aromatic hydroxyl groups is 1. The zero-order valence-electron chi connectivity index (χ0n) is 16.7. The third kappa shape index (κ3) is 3.77. The highest BCUT2D eigenvalue weighted by Crippen LogP contribution is 2.44. The monoisotopic (exact) mass is 354 g/mol. The summed E-state index contributed by atoms with van der Waals surface area (Å²) in [6.45, 7) is 12.8. The lowest BCUT2D eigenvalue weighted by molar-refractivity contribution is 0.0697. The van der Waals surface area contributed by atoms with Gasteiger partial charge in [0.1, 0.15) is 5.75 Å². The number of rotatable bonds is 6. The van der Waals surface area contributed by atoms with Gasteiger partial charge in [0.05, 0.1) is 5.56 Å². The summed E-state index contributed by atoms with van der Waals surface area (Å²) >= 11 is 0. The van der Waals surface area contributed by atoms with Crippen LogP contribution in [-0.4, -0.2) is 16.2 Å². The Morgan fingerprint density at radius 1 is 0.846 bits per heavy atom. The third-order valence-corrected chi connectivity index (χ3v) is 5.80. The number of phenols is 1. The summed E-state index contributed by atoms with van der Waals surface area (Å²) in [5.74, 6) is -0.544. The highest BCUT2D eigenvalue weighted by Gasteiger charge is 2.29. The summed E-state index contributed by atoms with van der Waals surface area (Å²) < 4.78 is 0. The Balaban J connectivity index is 2.72. The first kappa shape index (κ1) is 20.0. The van der Waals surface area contributed by atoms with Gasteiger partial charge in [0.15, 0.2) is 0 Å². The first-order chi connectivity index (χ1) is 12.0. The average molecular weight is 354 g/mol. The van der Waals surface area contributed by atoms with Crippen LogP contribution in [0, 0.1) is 0 Å². The van der Waals surface area contributed by atoms with Crippen LogP contribution in [0.2, 0.25) is 0 Å². The summed E-state index contributed by atoms with van der Waals surface area (Å²) in [5, 5.41) is 20.1. The van der Waals surface area contributed by atoms with Gasteiger partial charge in [-0.15, -0.1) is 0 Å². The molecule has 2 aromatic rings. The molecule has 0 aromatic heterocycles. The van der Waals surface area contributed by atoms with Gasteiger partial charge in [0.25, 0.3) is 0 Å². The smallest absolute Gasteiger partial charge is 0.335 e. The summed E-state index contributed by atoms with van der Waals surface area (Å²) in [6.07, 6.45) is 1.82. The number of carbonyl (C=O) groups is 1. The van der Waals surface area contributed by atoms with Crippen molar-refractivity contribution in [1.82, 2.24) is 0 Å². The Labute approximate surface area is 156 Å². The van der Waals surface area contributed by atoms with Crippen LogP contribution in [0.5, 0.6) is 5.75 Å². The highest BCUT2D eigenvalue weighted by molar-refractivity contribution is 5.88. The maximum Gasteiger partial charge on any atom is 0.335 e. The van der Waals surface area contributed by atoms with E-state index in [9.17, 15) is 9.90 Å². The van der Waals surface area contributed by atoms with Crippen molar-refractivity contribution < 1.29 is 15.0 Å². The number of hydrogen-bond acceptors (Lipinski definition) is 2. The van der Waals surface area contributed by atoms with Crippen molar-refractivity contribution in [3.8, 4) is 16.9 Å². The number of hydrogen-bond donors (Lipinski definition) is 2. The van der Waals surface area contributed by atoms with Crippen molar-refractivity contribution in [1.29, 1.82) is 0 Å². The molecule has 140 valence electrons. The van der Waals surface area contributed by atoms with E-state index in [2.05, 4.69) is 41.5 Å². The minimum absolute atomic E-state index is 0.153. The normalized spacial score (nSPS) is 12.2. The molecule has 0 fully saturated rings. The molecule has 2 aromatic carbocycles. The number of carboxylic acid groups (broad SMARTS) is 1. The second-order valence-corrected chi connectivity index (χ2v) is 8.28. The topological polar surface area (TPSA) is 57.5 Å². The molecule has 0 bridgehead atoms. The van der Waals surface area contributed by atoms with E-state index in [1.807, 2.05) is 24.3 Å². The van der Waals surface area contributed by atoms with Crippen molar-refractivity contribution in [2.75, 3.05) is 0 Å². The van der Waals surface area contributed by atoms with Gasteiger partial charge in [0.2, 0.25) is 0 Å². The van der Waals surface area contributed by atoms with Crippen LogP contribution in [0.4, 0.5) is 0 Å². The standard InChI is InChI=1S/C23H30O3/c1-7-22(3,4)18-13-17(14-19(20(18)24)23(5,6)8-2)15-9-11-16(12-10-15)21(25)26/h9-14,24H,7-8H2,1-6H3,(H,25,26). The van der Waals surface area contributed by atoms with Crippen LogP contribution in [0.25, 0.3) is 11.1 Å². The molecule has 0 heterocycles. The zero-order valence-corrected chi connectivity index (χ0v) is 16.7. The molecule has 0 atom stereocenters. The van der Waals surface area contributed by atoms with E-state index in [4.69, 9.17) is 5.11 Å². The van der Waals surface area contributed by atoms with Crippen molar-refractivity contribution in [2.24, 2.45) is 0 Å². The summed E-state index contributed by atoms with van der Waals surface area (Å²) in [7, 11) is 0. The molecule has 0 aliphatic heterocycles. The fraction of sp³-hybridized carbons (Fsp3) is 0.435. The lowest BCUT2D eigenvalue weighted by atomic mass is 9.74. The number of carboxylic acids is 1. The molecule has 3 nitrogen and oxygen atoms in total. The van der Waals surface area contributed by atoms with Crippen molar-refractivity contribution in [3.05, 3.63) is 53.1 Å². The van der Waals surface area contributed by atoms with E-state index in [0.717, 1.165) is 35.1 Å². The first-order valence-corrected chi connectivity index (χ1v) is 9.25. The second kappa shape index (κ2) is 7.14. The van der Waals surface area contributed by atoms with Crippen molar-refractivity contribution in [2.45, 2.75) is 65.2 Å². The van der Waals surface area contributed by atoms with E-state index in [-0.39, 0.29) is 16.4 Å². The predicted octanol–water partition coefficient (Wildman–Crippen LogP) is 6.13. The molecule has 0 saturated heterocycles. The van der Waals surface area contributed by atoms with Gasteiger partial charge in [-0.1, -0.05) is 53.7 Å². The summed E-state index contributed by atoms with van der Waals surface area (Å²) in [4.78, 5) is 11.1. The molecular weight excluding hydrogens is 324 g/mol. The summed E-state index contributed by atoms with van der Waals surface area (Å²) in [6, 6.07) is 11.0. The maximum absolute atomic E-state index is 11.1. The van der Waals surface area contributed by atoms with E-state index in [0.29, 0.717) is 5.75 Å². The molecule has 3 heteroatoms. The van der Waals surface area contributed by atoms with Crippen LogP contribution in [0.3, 0.4) is 0 Å². The Hall–Kier alpha value is -2.29. The Kier molecular flexibility index (Phi) is 5.50. The lowest BCUT2D eigenvalue weighted by Gasteiger charge is -2.31. The molecule has 0 spiro atoms. The lowest BCUT2D eigenvalue weighted by Crippen LogP contribution is -2.21. The molecule has 0 amide bonds. The van der Waals surface area contributed by atoms with Gasteiger partial charge >= 0.3 is 5.97 Å². The van der Waals surface area contributed by atoms with Crippen molar-refractivity contribution in [3.63, 3.8) is 0 Å². The molecule has 0 aliphatic carbocycles. The highest BCUT2D eigenvalue weighted by atomic mass is 16.4. The van der Waals surface area contributed by atoms with E-state index in [1.54, 1.807) is 12.1 Å². The number of aromatic carboxylic acids is 1. The minimum atomic E-state index is -0.928. The fourth-order valence-electron chi connectivity index (χ4n) is 3.02. The molecule has 26 heavy (non-hydrogen) atoms. The molecule has 0 unspecified atom stereocenters. The van der Waals surface area contributed by atoms with Crippen LogP contribution in [0.15, 0.2) is 36.4 Å². The maximum atomic E-state index is 11.1. The summed E-state index contributed by atoms with van der Waals surface area (Å²) in [5.41, 5.74) is 3.81. The Bertz CT molecular complexity index is 762. The van der Waals surface area contributed by atoms with Gasteiger partial charge < -0.3 is 10.2 Å². The average Bonchev–Trinajstić information content (AvgIpc) is 2.61. The Morgan fingerprint density at radius 2 is 1.27 bits per heavy atom. The number of phenolic OH excluding ortho intramolecular Hbond substituents is 1. The van der Waals surface area contributed by atoms with Crippen LogP contribution >= 0.6 is 0 Å². The van der Waals surface area contributed by atoms with Crippen LogP contribution < -0.4 is 0 Å². The third-order valence-electron chi connectivity index (χ3n) is 5.80. The SMILES string of the molecule is CCC(C)(C)c1cc(-c2ccc(C(=O)O)cc2)cc(C(C)(C)CC)c1O. The molecule has 2 N–H and O–H groups in total. The van der Waals surface area contributed by atoms with E-state index >= 15 is 0 Å². The number of benzene rings is 2. The largest absolute Gasteiger partial charge is 0.507 e. The van der Waals surface area contributed by atoms with Gasteiger partial charge in [-0.05, 0) is 59.1 Å². The molecule has 2 rings (SSSR count). The Morgan fingerprint density at radius 3 is 1.62 bits per heavy atom. The van der Waals surface area contributed by atoms with Gasteiger partial charge in [-0.25, -0.2) is 4.79 Å².